The van der Waals surface area contributed by atoms with Crippen LogP contribution in [0, 0.1) is 5.82 Å². The second kappa shape index (κ2) is 8.58. The summed E-state index contributed by atoms with van der Waals surface area (Å²) in [6.45, 7) is -0.122. The van der Waals surface area contributed by atoms with Crippen LogP contribution < -0.4 is 16.2 Å². The number of aromatic nitrogens is 4. The Morgan fingerprint density at radius 1 is 1.23 bits per heavy atom. The quantitative estimate of drug-likeness (QED) is 0.609. The van der Waals surface area contributed by atoms with Gasteiger partial charge in [0.1, 0.15) is 18.5 Å². The highest BCUT2D eigenvalue weighted by Gasteiger charge is 2.33. The zero-order chi connectivity index (χ0) is 21.1. The maximum atomic E-state index is 14.5. The van der Waals surface area contributed by atoms with E-state index < -0.39 is 17.6 Å². The van der Waals surface area contributed by atoms with Gasteiger partial charge >= 0.3 is 5.69 Å². The molecule has 0 radical (unpaired) electrons. The molecule has 8 nitrogen and oxygen atoms in total. The van der Waals surface area contributed by atoms with E-state index in [0.29, 0.717) is 11.7 Å². The smallest absolute Gasteiger partial charge is 0.347 e. The van der Waals surface area contributed by atoms with Crippen molar-refractivity contribution in [2.75, 3.05) is 12.3 Å². The van der Waals surface area contributed by atoms with E-state index in [2.05, 4.69) is 15.0 Å². The third kappa shape index (κ3) is 4.46. The number of halogens is 1. The van der Waals surface area contributed by atoms with Crippen LogP contribution in [0.2, 0.25) is 0 Å². The fourth-order valence-corrected chi connectivity index (χ4v) is 3.57. The highest BCUT2D eigenvalue weighted by Crippen LogP contribution is 2.47. The first-order valence-corrected chi connectivity index (χ1v) is 9.69. The van der Waals surface area contributed by atoms with Gasteiger partial charge in [0.05, 0.1) is 24.6 Å². The van der Waals surface area contributed by atoms with Crippen LogP contribution in [0.5, 0.6) is 5.75 Å². The topological polar surface area (TPSA) is 116 Å². The third-order valence-corrected chi connectivity index (χ3v) is 5.30. The molecule has 1 aliphatic rings. The molecule has 0 aliphatic heterocycles. The minimum atomic E-state index is -0.973. The maximum absolute atomic E-state index is 14.5. The Labute approximate surface area is 172 Å². The molecule has 3 N–H and O–H groups in total. The van der Waals surface area contributed by atoms with E-state index in [1.165, 1.54) is 23.0 Å². The van der Waals surface area contributed by atoms with Crippen molar-refractivity contribution in [3.05, 3.63) is 76.6 Å². The normalized spacial score (nSPS) is 19.1. The Morgan fingerprint density at radius 3 is 2.77 bits per heavy atom. The van der Waals surface area contributed by atoms with Crippen LogP contribution >= 0.6 is 0 Å². The van der Waals surface area contributed by atoms with E-state index in [1.54, 1.807) is 24.5 Å². The monoisotopic (exact) mass is 411 g/mol. The van der Waals surface area contributed by atoms with Crippen molar-refractivity contribution in [2.45, 2.75) is 37.3 Å². The lowest BCUT2D eigenvalue weighted by Gasteiger charge is -2.35. The van der Waals surface area contributed by atoms with Gasteiger partial charge in [-0.25, -0.2) is 19.2 Å². The Kier molecular flexibility index (Phi) is 5.71. The zero-order valence-electron chi connectivity index (χ0n) is 16.2. The summed E-state index contributed by atoms with van der Waals surface area (Å²) >= 11 is 0. The Hall–Kier alpha value is -3.33. The molecular formula is C21H22FN5O3. The number of aliphatic hydroxyl groups excluding tert-OH is 1. The molecule has 2 heterocycles. The van der Waals surface area contributed by atoms with Gasteiger partial charge < -0.3 is 15.6 Å². The van der Waals surface area contributed by atoms with Crippen LogP contribution in [0.3, 0.4) is 0 Å². The molecule has 0 saturated heterocycles. The number of nitrogens with two attached hydrogens (primary N) is 1. The van der Waals surface area contributed by atoms with E-state index in [1.807, 2.05) is 6.07 Å². The van der Waals surface area contributed by atoms with Gasteiger partial charge in [0.25, 0.3) is 0 Å². The average molecular weight is 411 g/mol. The van der Waals surface area contributed by atoms with Crippen molar-refractivity contribution in [1.82, 2.24) is 19.5 Å². The van der Waals surface area contributed by atoms with E-state index in [4.69, 9.17) is 10.5 Å². The summed E-state index contributed by atoms with van der Waals surface area (Å²) in [5.74, 6) is 0.532. The lowest BCUT2D eigenvalue weighted by molar-refractivity contribution is 0.0892. The maximum Gasteiger partial charge on any atom is 0.347 e. The van der Waals surface area contributed by atoms with Crippen LogP contribution in [-0.2, 0) is 6.54 Å². The first-order chi connectivity index (χ1) is 14.5. The standard InChI is InChI=1S/C21H22FN5O3/c22-17-8-13(14-6-15(7-14)18-9-26-20(23)10-25-18)2-3-19(17)30-12-16(28)11-27-5-1-4-24-21(27)29/h1-5,8-10,14-16,28H,6-7,11-12H2,(H2,23,26). The highest BCUT2D eigenvalue weighted by atomic mass is 19.1. The van der Waals surface area contributed by atoms with Crippen molar-refractivity contribution in [3.8, 4) is 5.75 Å². The van der Waals surface area contributed by atoms with Gasteiger partial charge in [-0.1, -0.05) is 6.07 Å². The molecule has 1 aromatic carbocycles. The molecule has 1 atom stereocenters. The summed E-state index contributed by atoms with van der Waals surface area (Å²) in [4.78, 5) is 23.6. The SMILES string of the molecule is Nc1cnc(C2CC(c3ccc(OCC(O)Cn4cccnc4=O)c(F)c3)C2)cn1. The molecule has 9 heteroatoms. The van der Waals surface area contributed by atoms with Crippen molar-refractivity contribution in [2.24, 2.45) is 0 Å². The van der Waals surface area contributed by atoms with E-state index in [-0.39, 0.29) is 24.8 Å². The molecule has 2 aromatic heterocycles. The number of nitrogen functional groups attached to an aromatic ring is 1. The summed E-state index contributed by atoms with van der Waals surface area (Å²) in [6.07, 6.45) is 6.92. The largest absolute Gasteiger partial charge is 0.488 e. The molecule has 0 bridgehead atoms. The molecule has 1 unspecified atom stereocenters. The second-order valence-corrected chi connectivity index (χ2v) is 7.44. The molecule has 1 fully saturated rings. The number of nitrogens with zero attached hydrogens (tertiary/aromatic N) is 4. The zero-order valence-corrected chi connectivity index (χ0v) is 16.2. The first-order valence-electron chi connectivity index (χ1n) is 9.69. The van der Waals surface area contributed by atoms with Crippen molar-refractivity contribution < 1.29 is 14.2 Å². The van der Waals surface area contributed by atoms with Gasteiger partial charge in [-0.05, 0) is 42.5 Å². The summed E-state index contributed by atoms with van der Waals surface area (Å²) in [7, 11) is 0. The number of rotatable bonds is 7. The minimum Gasteiger partial charge on any atom is -0.488 e. The van der Waals surface area contributed by atoms with Crippen molar-refractivity contribution in [3.63, 3.8) is 0 Å². The number of benzene rings is 1. The van der Waals surface area contributed by atoms with Crippen LogP contribution in [-0.4, -0.2) is 37.3 Å². The number of hydrogen-bond acceptors (Lipinski definition) is 7. The minimum absolute atomic E-state index is 0.0177. The number of aliphatic hydroxyl groups is 1. The summed E-state index contributed by atoms with van der Waals surface area (Å²) in [5, 5.41) is 10.1. The van der Waals surface area contributed by atoms with Gasteiger partial charge in [0.15, 0.2) is 11.6 Å². The summed E-state index contributed by atoms with van der Waals surface area (Å²) in [5.41, 5.74) is 6.91. The number of hydrogen-bond donors (Lipinski definition) is 2. The van der Waals surface area contributed by atoms with E-state index >= 15 is 0 Å². The summed E-state index contributed by atoms with van der Waals surface area (Å²) < 4.78 is 21.1. The molecular weight excluding hydrogens is 389 g/mol. The van der Waals surface area contributed by atoms with Crippen molar-refractivity contribution >= 4 is 5.82 Å². The molecule has 156 valence electrons. The van der Waals surface area contributed by atoms with E-state index in [0.717, 1.165) is 24.1 Å². The third-order valence-electron chi connectivity index (χ3n) is 5.30. The summed E-state index contributed by atoms with van der Waals surface area (Å²) in [6, 6.07) is 6.48. The first kappa shape index (κ1) is 20.0. The Balaban J connectivity index is 1.31. The molecule has 0 amide bonds. The van der Waals surface area contributed by atoms with Crippen molar-refractivity contribution in [1.29, 1.82) is 0 Å². The van der Waals surface area contributed by atoms with E-state index in [9.17, 15) is 14.3 Å². The fourth-order valence-electron chi connectivity index (χ4n) is 3.57. The van der Waals surface area contributed by atoms with Gasteiger partial charge in [-0.3, -0.25) is 9.55 Å². The average Bonchev–Trinajstić information content (AvgIpc) is 2.69. The van der Waals surface area contributed by atoms with Gasteiger partial charge in [0, 0.05) is 18.3 Å². The lowest BCUT2D eigenvalue weighted by Crippen LogP contribution is -2.31. The molecule has 1 saturated carbocycles. The van der Waals surface area contributed by atoms with Crippen LogP contribution in [0.25, 0.3) is 0 Å². The number of ether oxygens (including phenoxy) is 1. The molecule has 1 aliphatic carbocycles. The predicted octanol–water partition coefficient (Wildman–Crippen LogP) is 1.86. The molecule has 30 heavy (non-hydrogen) atoms. The predicted molar refractivity (Wildman–Crippen MR) is 108 cm³/mol. The molecule has 4 rings (SSSR count). The van der Waals surface area contributed by atoms with Gasteiger partial charge in [-0.2, -0.15) is 0 Å². The van der Waals surface area contributed by atoms with Crippen LogP contribution in [0.15, 0.2) is 53.8 Å². The van der Waals surface area contributed by atoms with Gasteiger partial charge in [0.2, 0.25) is 0 Å². The van der Waals surface area contributed by atoms with Crippen LogP contribution in [0.1, 0.15) is 35.9 Å². The Bertz CT molecular complexity index is 1070. The highest BCUT2D eigenvalue weighted by molar-refractivity contribution is 5.34. The van der Waals surface area contributed by atoms with Crippen LogP contribution in [0.4, 0.5) is 10.2 Å². The van der Waals surface area contributed by atoms with Gasteiger partial charge in [-0.15, -0.1) is 0 Å². The second-order valence-electron chi connectivity index (χ2n) is 7.44. The Morgan fingerprint density at radius 2 is 2.07 bits per heavy atom. The lowest BCUT2D eigenvalue weighted by atomic mass is 9.70. The molecule has 3 aromatic rings. The molecule has 0 spiro atoms. The fraction of sp³-hybridized carbons (Fsp3) is 0.333. The number of anilines is 1.